The number of fused-ring (bicyclic) bond motifs is 1. The molecule has 1 aliphatic heterocycles. The van der Waals surface area contributed by atoms with Gasteiger partial charge in [0, 0.05) is 12.6 Å². The van der Waals surface area contributed by atoms with Crippen molar-refractivity contribution in [3.63, 3.8) is 0 Å². The highest BCUT2D eigenvalue weighted by molar-refractivity contribution is 5.98. The van der Waals surface area contributed by atoms with Gasteiger partial charge in [-0.1, -0.05) is 6.07 Å². The van der Waals surface area contributed by atoms with Gasteiger partial charge >= 0.3 is 5.97 Å². The number of hydrogen-bond acceptors (Lipinski definition) is 5. The Bertz CT molecular complexity index is 876. The molecule has 0 radical (unpaired) electrons. The summed E-state index contributed by atoms with van der Waals surface area (Å²) in [6.45, 7) is 3.76. The van der Waals surface area contributed by atoms with Gasteiger partial charge in [0.15, 0.2) is 6.61 Å². The first-order valence-corrected chi connectivity index (χ1v) is 8.52. The zero-order valence-corrected chi connectivity index (χ0v) is 15.2. The van der Waals surface area contributed by atoms with Crippen LogP contribution in [0, 0.1) is 6.92 Å². The zero-order valence-electron chi connectivity index (χ0n) is 15.2. The van der Waals surface area contributed by atoms with Crippen LogP contribution < -0.4 is 15.0 Å². The smallest absolute Gasteiger partial charge is 0.338 e. The monoisotopic (exact) mass is 368 g/mol. The fraction of sp³-hybridized carbons (Fsp3) is 0.250. The van der Waals surface area contributed by atoms with Crippen molar-refractivity contribution >= 4 is 29.2 Å². The van der Waals surface area contributed by atoms with E-state index in [4.69, 9.17) is 9.47 Å². The van der Waals surface area contributed by atoms with Gasteiger partial charge in [0.2, 0.25) is 5.91 Å². The van der Waals surface area contributed by atoms with Crippen molar-refractivity contribution in [1.82, 2.24) is 0 Å². The minimum absolute atomic E-state index is 0.197. The third-order valence-corrected chi connectivity index (χ3v) is 4.05. The number of nitrogens with one attached hydrogen (secondary N) is 1. The molecule has 0 saturated carbocycles. The van der Waals surface area contributed by atoms with Crippen LogP contribution in [0.4, 0.5) is 11.4 Å². The Balaban J connectivity index is 1.62. The molecule has 0 atom stereocenters. The molecule has 0 aromatic heterocycles. The van der Waals surface area contributed by atoms with Gasteiger partial charge in [-0.05, 0) is 48.9 Å². The van der Waals surface area contributed by atoms with Crippen LogP contribution in [0.3, 0.4) is 0 Å². The maximum Gasteiger partial charge on any atom is 0.338 e. The summed E-state index contributed by atoms with van der Waals surface area (Å²) < 4.78 is 10.7. The molecule has 2 aromatic rings. The molecule has 1 aliphatic rings. The lowest BCUT2D eigenvalue weighted by Gasteiger charge is -2.29. The van der Waals surface area contributed by atoms with E-state index in [1.807, 2.05) is 25.1 Å². The molecule has 140 valence electrons. The molecule has 0 unspecified atom stereocenters. The standard InChI is InChI=1S/C20H20N2O5/c1-13-3-8-18-17(11-13)22(9-10-26-18)19(24)12-27-20(25)15-4-6-16(7-5-15)21-14(2)23/h3-8,11H,9-10,12H2,1-2H3,(H,21,23). The summed E-state index contributed by atoms with van der Waals surface area (Å²) in [5, 5.41) is 2.61. The van der Waals surface area contributed by atoms with Crippen molar-refractivity contribution in [2.45, 2.75) is 13.8 Å². The van der Waals surface area contributed by atoms with Gasteiger partial charge in [0.1, 0.15) is 12.4 Å². The zero-order chi connectivity index (χ0) is 19.4. The summed E-state index contributed by atoms with van der Waals surface area (Å²) in [6.07, 6.45) is 0. The average Bonchev–Trinajstić information content (AvgIpc) is 2.65. The Morgan fingerprint density at radius 1 is 1.15 bits per heavy atom. The number of benzene rings is 2. The van der Waals surface area contributed by atoms with E-state index in [9.17, 15) is 14.4 Å². The molecule has 7 heteroatoms. The minimum atomic E-state index is -0.601. The van der Waals surface area contributed by atoms with Gasteiger partial charge in [0.05, 0.1) is 17.8 Å². The van der Waals surface area contributed by atoms with E-state index < -0.39 is 5.97 Å². The Labute approximate surface area is 156 Å². The molecule has 2 amide bonds. The van der Waals surface area contributed by atoms with E-state index in [-0.39, 0.29) is 18.4 Å². The number of aryl methyl sites for hydroxylation is 1. The van der Waals surface area contributed by atoms with E-state index >= 15 is 0 Å². The Morgan fingerprint density at radius 3 is 2.59 bits per heavy atom. The number of amides is 2. The molecule has 0 saturated heterocycles. The van der Waals surface area contributed by atoms with E-state index in [1.165, 1.54) is 19.1 Å². The van der Waals surface area contributed by atoms with Gasteiger partial charge in [-0.2, -0.15) is 0 Å². The fourth-order valence-corrected chi connectivity index (χ4v) is 2.77. The first-order valence-electron chi connectivity index (χ1n) is 8.52. The van der Waals surface area contributed by atoms with E-state index in [2.05, 4.69) is 5.32 Å². The third-order valence-electron chi connectivity index (χ3n) is 4.05. The van der Waals surface area contributed by atoms with Crippen molar-refractivity contribution in [2.24, 2.45) is 0 Å². The molecular formula is C20H20N2O5. The van der Waals surface area contributed by atoms with Crippen molar-refractivity contribution in [3.05, 3.63) is 53.6 Å². The second-order valence-electron chi connectivity index (χ2n) is 6.20. The first-order chi connectivity index (χ1) is 12.9. The quantitative estimate of drug-likeness (QED) is 0.839. The normalized spacial score (nSPS) is 12.6. The number of esters is 1. The second-order valence-corrected chi connectivity index (χ2v) is 6.20. The van der Waals surface area contributed by atoms with Crippen LogP contribution in [0.25, 0.3) is 0 Å². The van der Waals surface area contributed by atoms with E-state index in [1.54, 1.807) is 17.0 Å². The lowest BCUT2D eigenvalue weighted by atomic mass is 10.1. The molecule has 7 nitrogen and oxygen atoms in total. The average molecular weight is 368 g/mol. The predicted molar refractivity (Wildman–Crippen MR) is 100 cm³/mol. The summed E-state index contributed by atoms with van der Waals surface area (Å²) in [5.74, 6) is -0.471. The molecular weight excluding hydrogens is 348 g/mol. The van der Waals surface area contributed by atoms with Crippen LogP contribution in [-0.4, -0.2) is 37.5 Å². The number of carbonyl (C=O) groups is 3. The van der Waals surface area contributed by atoms with Crippen LogP contribution in [0.15, 0.2) is 42.5 Å². The summed E-state index contributed by atoms with van der Waals surface area (Å²) in [4.78, 5) is 37.3. The van der Waals surface area contributed by atoms with Crippen LogP contribution in [-0.2, 0) is 14.3 Å². The Morgan fingerprint density at radius 2 is 1.89 bits per heavy atom. The number of nitrogens with zero attached hydrogens (tertiary/aromatic N) is 1. The Kier molecular flexibility index (Phi) is 5.40. The Hall–Kier alpha value is -3.35. The number of anilines is 2. The number of hydrogen-bond donors (Lipinski definition) is 1. The van der Waals surface area contributed by atoms with Gasteiger partial charge in [0.25, 0.3) is 5.91 Å². The summed E-state index contributed by atoms with van der Waals surface area (Å²) >= 11 is 0. The van der Waals surface area contributed by atoms with Crippen LogP contribution in [0.2, 0.25) is 0 Å². The van der Waals surface area contributed by atoms with Crippen molar-refractivity contribution in [2.75, 3.05) is 30.0 Å². The highest BCUT2D eigenvalue weighted by atomic mass is 16.5. The highest BCUT2D eigenvalue weighted by Gasteiger charge is 2.24. The first kappa shape index (κ1) is 18.4. The van der Waals surface area contributed by atoms with Gasteiger partial charge < -0.3 is 19.7 Å². The predicted octanol–water partition coefficient (Wildman–Crippen LogP) is 2.54. The SMILES string of the molecule is CC(=O)Nc1ccc(C(=O)OCC(=O)N2CCOc3ccc(C)cc32)cc1. The molecule has 0 fully saturated rings. The molecule has 27 heavy (non-hydrogen) atoms. The summed E-state index contributed by atoms with van der Waals surface area (Å²) in [5.41, 5.74) is 2.57. The second kappa shape index (κ2) is 7.90. The van der Waals surface area contributed by atoms with Gasteiger partial charge in [-0.25, -0.2) is 4.79 Å². The fourth-order valence-electron chi connectivity index (χ4n) is 2.77. The lowest BCUT2D eigenvalue weighted by molar-refractivity contribution is -0.122. The molecule has 2 aromatic carbocycles. The van der Waals surface area contributed by atoms with Crippen LogP contribution >= 0.6 is 0 Å². The van der Waals surface area contributed by atoms with Crippen LogP contribution in [0.5, 0.6) is 5.75 Å². The number of ether oxygens (including phenoxy) is 2. The number of rotatable bonds is 4. The van der Waals surface area contributed by atoms with Crippen molar-refractivity contribution in [3.8, 4) is 5.75 Å². The molecule has 0 aliphatic carbocycles. The largest absolute Gasteiger partial charge is 0.490 e. The third kappa shape index (κ3) is 4.44. The van der Waals surface area contributed by atoms with Crippen molar-refractivity contribution < 1.29 is 23.9 Å². The van der Waals surface area contributed by atoms with Gasteiger partial charge in [-0.3, -0.25) is 9.59 Å². The van der Waals surface area contributed by atoms with Crippen LogP contribution in [0.1, 0.15) is 22.8 Å². The molecule has 0 spiro atoms. The van der Waals surface area contributed by atoms with E-state index in [0.29, 0.717) is 35.8 Å². The molecule has 1 N–H and O–H groups in total. The highest BCUT2D eigenvalue weighted by Crippen LogP contribution is 2.32. The minimum Gasteiger partial charge on any atom is -0.490 e. The topological polar surface area (TPSA) is 84.9 Å². The summed E-state index contributed by atoms with van der Waals surface area (Å²) in [6, 6.07) is 11.9. The number of carbonyl (C=O) groups excluding carboxylic acids is 3. The van der Waals surface area contributed by atoms with Crippen molar-refractivity contribution in [1.29, 1.82) is 0 Å². The molecule has 3 rings (SSSR count). The summed E-state index contributed by atoms with van der Waals surface area (Å²) in [7, 11) is 0. The molecule has 1 heterocycles. The maximum atomic E-state index is 12.5. The van der Waals surface area contributed by atoms with Gasteiger partial charge in [-0.15, -0.1) is 0 Å². The maximum absolute atomic E-state index is 12.5. The van der Waals surface area contributed by atoms with E-state index in [0.717, 1.165) is 5.56 Å². The lowest BCUT2D eigenvalue weighted by Crippen LogP contribution is -2.40. The molecule has 0 bridgehead atoms.